The van der Waals surface area contributed by atoms with Crippen LogP contribution in [-0.2, 0) is 4.74 Å². The van der Waals surface area contributed by atoms with Crippen LogP contribution in [0.15, 0.2) is 48.5 Å². The second-order valence-corrected chi connectivity index (χ2v) is 6.94. The van der Waals surface area contributed by atoms with Crippen molar-refractivity contribution in [3.05, 3.63) is 71.3 Å². The molecule has 22 heavy (non-hydrogen) atoms. The minimum absolute atomic E-state index is 0.101. The SMILES string of the molecule is C[C@@H]1[C@H](Br)C[C@H](c2ccc(F)cc2)O[C@@H]1c1ccc(F)cc1. The van der Waals surface area contributed by atoms with Crippen molar-refractivity contribution < 1.29 is 13.5 Å². The van der Waals surface area contributed by atoms with Gasteiger partial charge in [0.05, 0.1) is 12.2 Å². The van der Waals surface area contributed by atoms with Gasteiger partial charge in [0, 0.05) is 4.83 Å². The smallest absolute Gasteiger partial charge is 0.123 e. The molecule has 1 nitrogen and oxygen atoms in total. The minimum Gasteiger partial charge on any atom is -0.365 e. The van der Waals surface area contributed by atoms with Gasteiger partial charge in [0.1, 0.15) is 11.6 Å². The van der Waals surface area contributed by atoms with Gasteiger partial charge >= 0.3 is 0 Å². The Kier molecular flexibility index (Phi) is 4.59. The molecule has 1 aliphatic rings. The molecule has 1 fully saturated rings. The van der Waals surface area contributed by atoms with Crippen LogP contribution in [0.2, 0.25) is 0 Å². The van der Waals surface area contributed by atoms with Crippen molar-refractivity contribution >= 4 is 15.9 Å². The second kappa shape index (κ2) is 6.47. The Balaban J connectivity index is 1.86. The summed E-state index contributed by atoms with van der Waals surface area (Å²) in [7, 11) is 0. The molecule has 4 heteroatoms. The van der Waals surface area contributed by atoms with Gasteiger partial charge in [-0.25, -0.2) is 8.78 Å². The standard InChI is InChI=1S/C18H17BrF2O/c1-11-16(19)10-17(12-2-6-14(20)7-3-12)22-18(11)13-4-8-15(21)9-5-13/h2-9,11,16-18H,10H2,1H3/t11-,16-,17-,18+/m1/s1. The topological polar surface area (TPSA) is 9.23 Å². The molecule has 1 aliphatic heterocycles. The molecule has 2 aromatic carbocycles. The van der Waals surface area contributed by atoms with Crippen molar-refractivity contribution in [3.8, 4) is 0 Å². The Morgan fingerprint density at radius 3 is 1.95 bits per heavy atom. The maximum atomic E-state index is 13.1. The summed E-state index contributed by atoms with van der Waals surface area (Å²) in [6.07, 6.45) is 0.606. The van der Waals surface area contributed by atoms with Gasteiger partial charge in [0.15, 0.2) is 0 Å². The summed E-state index contributed by atoms with van der Waals surface area (Å²) in [5.74, 6) is -0.238. The first kappa shape index (κ1) is 15.6. The third kappa shape index (κ3) is 3.23. The second-order valence-electron chi connectivity index (χ2n) is 5.76. The van der Waals surface area contributed by atoms with E-state index in [0.717, 1.165) is 17.5 Å². The molecule has 4 atom stereocenters. The molecule has 0 aliphatic carbocycles. The molecule has 0 N–H and O–H groups in total. The van der Waals surface area contributed by atoms with Crippen molar-refractivity contribution in [2.45, 2.75) is 30.4 Å². The first-order chi connectivity index (χ1) is 10.5. The van der Waals surface area contributed by atoms with E-state index in [4.69, 9.17) is 4.74 Å². The fourth-order valence-corrected chi connectivity index (χ4v) is 3.51. The molecular weight excluding hydrogens is 350 g/mol. The lowest BCUT2D eigenvalue weighted by molar-refractivity contribution is -0.0790. The van der Waals surface area contributed by atoms with Gasteiger partial charge in [-0.1, -0.05) is 47.1 Å². The van der Waals surface area contributed by atoms with E-state index in [2.05, 4.69) is 22.9 Å². The average molecular weight is 367 g/mol. The molecule has 0 aromatic heterocycles. The fraction of sp³-hybridized carbons (Fsp3) is 0.333. The number of hydrogen-bond donors (Lipinski definition) is 0. The van der Waals surface area contributed by atoms with Crippen LogP contribution >= 0.6 is 15.9 Å². The van der Waals surface area contributed by atoms with Gasteiger partial charge in [0.25, 0.3) is 0 Å². The third-order valence-corrected chi connectivity index (χ3v) is 5.45. The van der Waals surface area contributed by atoms with Gasteiger partial charge < -0.3 is 4.74 Å². The molecule has 0 amide bonds. The van der Waals surface area contributed by atoms with E-state index >= 15 is 0 Å². The van der Waals surface area contributed by atoms with Crippen LogP contribution in [0.5, 0.6) is 0 Å². The van der Waals surface area contributed by atoms with Crippen LogP contribution in [0.1, 0.15) is 36.7 Å². The highest BCUT2D eigenvalue weighted by molar-refractivity contribution is 9.09. The summed E-state index contributed by atoms with van der Waals surface area (Å²) in [5, 5.41) is 0. The minimum atomic E-state index is -0.252. The molecular formula is C18H17BrF2O. The van der Waals surface area contributed by atoms with Crippen LogP contribution in [0.3, 0.4) is 0 Å². The Morgan fingerprint density at radius 1 is 0.909 bits per heavy atom. The van der Waals surface area contributed by atoms with Gasteiger partial charge in [-0.2, -0.15) is 0 Å². The number of ether oxygens (including phenoxy) is 1. The normalized spacial score (nSPS) is 28.5. The van der Waals surface area contributed by atoms with Crippen LogP contribution in [0.4, 0.5) is 8.78 Å². The van der Waals surface area contributed by atoms with E-state index in [1.807, 2.05) is 0 Å². The highest BCUT2D eigenvalue weighted by Crippen LogP contribution is 2.44. The first-order valence-corrected chi connectivity index (χ1v) is 8.26. The Morgan fingerprint density at radius 2 is 1.41 bits per heavy atom. The third-order valence-electron chi connectivity index (χ3n) is 4.24. The van der Waals surface area contributed by atoms with Crippen molar-refractivity contribution in [1.82, 2.24) is 0 Å². The molecule has 0 spiro atoms. The highest BCUT2D eigenvalue weighted by Gasteiger charge is 2.36. The van der Waals surface area contributed by atoms with Crippen LogP contribution in [-0.4, -0.2) is 4.83 Å². The van der Waals surface area contributed by atoms with E-state index in [-0.39, 0.29) is 34.6 Å². The van der Waals surface area contributed by atoms with E-state index in [1.54, 1.807) is 24.3 Å². The molecule has 0 saturated carbocycles. The molecule has 2 aromatic rings. The molecule has 0 unspecified atom stereocenters. The van der Waals surface area contributed by atoms with Crippen molar-refractivity contribution in [3.63, 3.8) is 0 Å². The number of halogens is 3. The van der Waals surface area contributed by atoms with Gasteiger partial charge in [-0.05, 0) is 47.7 Å². The summed E-state index contributed by atoms with van der Waals surface area (Å²) in [6, 6.07) is 12.9. The Hall–Kier alpha value is -1.26. The van der Waals surface area contributed by atoms with Crippen LogP contribution in [0, 0.1) is 17.6 Å². The molecule has 0 radical (unpaired) electrons. The largest absolute Gasteiger partial charge is 0.365 e. The number of alkyl halides is 1. The van der Waals surface area contributed by atoms with E-state index in [1.165, 1.54) is 24.3 Å². The molecule has 3 rings (SSSR count). The zero-order valence-corrected chi connectivity index (χ0v) is 13.8. The summed E-state index contributed by atoms with van der Waals surface area (Å²) in [5.41, 5.74) is 1.93. The quantitative estimate of drug-likeness (QED) is 0.631. The van der Waals surface area contributed by atoms with Gasteiger partial charge in [-0.3, -0.25) is 0 Å². The van der Waals surface area contributed by atoms with Gasteiger partial charge in [0.2, 0.25) is 0 Å². The predicted octanol–water partition coefficient (Wildman–Crippen LogP) is 5.57. The van der Waals surface area contributed by atoms with E-state index in [9.17, 15) is 8.78 Å². The highest BCUT2D eigenvalue weighted by atomic mass is 79.9. The lowest BCUT2D eigenvalue weighted by Gasteiger charge is -2.39. The Bertz CT molecular complexity index is 627. The summed E-state index contributed by atoms with van der Waals surface area (Å²) in [6.45, 7) is 2.12. The fourth-order valence-electron chi connectivity index (χ4n) is 2.89. The zero-order chi connectivity index (χ0) is 15.7. The van der Waals surface area contributed by atoms with Crippen LogP contribution < -0.4 is 0 Å². The molecule has 1 saturated heterocycles. The van der Waals surface area contributed by atoms with E-state index in [0.29, 0.717) is 0 Å². The Labute approximate surface area is 137 Å². The number of rotatable bonds is 2. The van der Waals surface area contributed by atoms with Gasteiger partial charge in [-0.15, -0.1) is 0 Å². The van der Waals surface area contributed by atoms with Crippen molar-refractivity contribution in [1.29, 1.82) is 0 Å². The van der Waals surface area contributed by atoms with E-state index < -0.39 is 0 Å². The maximum absolute atomic E-state index is 13.1. The summed E-state index contributed by atoms with van der Waals surface area (Å²) >= 11 is 3.73. The number of hydrogen-bond acceptors (Lipinski definition) is 1. The first-order valence-electron chi connectivity index (χ1n) is 7.35. The van der Waals surface area contributed by atoms with Crippen molar-refractivity contribution in [2.24, 2.45) is 5.92 Å². The lowest BCUT2D eigenvalue weighted by Crippen LogP contribution is -2.31. The maximum Gasteiger partial charge on any atom is 0.123 e. The predicted molar refractivity (Wildman–Crippen MR) is 85.9 cm³/mol. The van der Waals surface area contributed by atoms with Crippen LogP contribution in [0.25, 0.3) is 0 Å². The monoisotopic (exact) mass is 366 g/mol. The molecule has 1 heterocycles. The average Bonchev–Trinajstić information content (AvgIpc) is 2.52. The lowest BCUT2D eigenvalue weighted by atomic mass is 9.87. The molecule has 116 valence electrons. The summed E-state index contributed by atoms with van der Waals surface area (Å²) in [4.78, 5) is 0.284. The summed E-state index contributed by atoms with van der Waals surface area (Å²) < 4.78 is 32.5. The number of benzene rings is 2. The molecule has 0 bridgehead atoms. The van der Waals surface area contributed by atoms with Crippen molar-refractivity contribution in [2.75, 3.05) is 0 Å². The zero-order valence-electron chi connectivity index (χ0n) is 12.2.